The van der Waals surface area contributed by atoms with Gasteiger partial charge < -0.3 is 4.74 Å². The predicted octanol–water partition coefficient (Wildman–Crippen LogP) is 4.39. The molecule has 0 amide bonds. The summed E-state index contributed by atoms with van der Waals surface area (Å²) in [7, 11) is 1.37. The Morgan fingerprint density at radius 3 is 2.73 bits per heavy atom. The van der Waals surface area contributed by atoms with Crippen molar-refractivity contribution in [1.29, 1.82) is 0 Å². The van der Waals surface area contributed by atoms with Crippen molar-refractivity contribution in [3.05, 3.63) is 77.1 Å². The van der Waals surface area contributed by atoms with Gasteiger partial charge in [-0.3, -0.25) is 4.90 Å². The summed E-state index contributed by atoms with van der Waals surface area (Å²) < 4.78 is 18.4. The minimum Gasteiger partial charge on any atom is -0.466 e. The largest absolute Gasteiger partial charge is 0.466 e. The van der Waals surface area contributed by atoms with E-state index in [0.717, 1.165) is 43.5 Å². The molecule has 4 heteroatoms. The monoisotopic (exact) mass is 353 g/mol. The molecule has 2 aromatic rings. The van der Waals surface area contributed by atoms with E-state index in [-0.39, 0.29) is 11.8 Å². The summed E-state index contributed by atoms with van der Waals surface area (Å²) in [4.78, 5) is 13.6. The van der Waals surface area contributed by atoms with Crippen molar-refractivity contribution in [2.45, 2.75) is 25.3 Å². The highest BCUT2D eigenvalue weighted by Crippen LogP contribution is 2.32. The van der Waals surface area contributed by atoms with Crippen LogP contribution in [0.4, 0.5) is 4.39 Å². The number of esters is 1. The second kappa shape index (κ2) is 8.77. The summed E-state index contributed by atoms with van der Waals surface area (Å²) in [5.74, 6) is -0.478. The summed E-state index contributed by atoms with van der Waals surface area (Å²) in [6, 6.07) is 15.6. The molecule has 0 bridgehead atoms. The Labute approximate surface area is 154 Å². The van der Waals surface area contributed by atoms with E-state index in [1.807, 2.05) is 24.3 Å². The number of nitrogens with zero attached hydrogens (tertiary/aromatic N) is 1. The molecule has 1 unspecified atom stereocenters. The second-order valence-electron chi connectivity index (χ2n) is 6.56. The van der Waals surface area contributed by atoms with Gasteiger partial charge in [-0.15, -0.1) is 0 Å². The van der Waals surface area contributed by atoms with E-state index in [9.17, 15) is 9.18 Å². The number of halogens is 1. The quantitative estimate of drug-likeness (QED) is 0.570. The third kappa shape index (κ3) is 4.58. The van der Waals surface area contributed by atoms with Crippen LogP contribution in [-0.4, -0.2) is 31.1 Å². The van der Waals surface area contributed by atoms with Crippen LogP contribution in [0.15, 0.2) is 54.6 Å². The van der Waals surface area contributed by atoms with Gasteiger partial charge in [0, 0.05) is 18.7 Å². The molecule has 3 nitrogen and oxygen atoms in total. The average molecular weight is 353 g/mol. The number of hydrogen-bond acceptors (Lipinski definition) is 3. The number of carbonyl (C=O) groups excluding carboxylic acids is 1. The molecule has 3 rings (SSSR count). The summed E-state index contributed by atoms with van der Waals surface area (Å²) in [5, 5.41) is 0. The van der Waals surface area contributed by atoms with Gasteiger partial charge in [0.05, 0.1) is 7.11 Å². The molecule has 1 fully saturated rings. The van der Waals surface area contributed by atoms with E-state index >= 15 is 0 Å². The van der Waals surface area contributed by atoms with Crippen molar-refractivity contribution >= 4 is 12.0 Å². The van der Waals surface area contributed by atoms with Crippen LogP contribution >= 0.6 is 0 Å². The topological polar surface area (TPSA) is 29.5 Å². The van der Waals surface area contributed by atoms with Crippen LogP contribution in [0.2, 0.25) is 0 Å². The fourth-order valence-electron chi connectivity index (χ4n) is 3.50. The van der Waals surface area contributed by atoms with E-state index in [0.29, 0.717) is 6.04 Å². The molecule has 1 saturated heterocycles. The molecule has 1 heterocycles. The SMILES string of the molecule is COC(=O)C=Cc1ccc(C2CCCN2CCc2ccccc2F)cc1. The minimum absolute atomic E-state index is 0.120. The predicted molar refractivity (Wildman–Crippen MR) is 101 cm³/mol. The van der Waals surface area contributed by atoms with Crippen molar-refractivity contribution < 1.29 is 13.9 Å². The average Bonchev–Trinajstić information content (AvgIpc) is 3.14. The molecule has 2 aromatic carbocycles. The Bertz CT molecular complexity index is 770. The lowest BCUT2D eigenvalue weighted by atomic mass is 10.0. The zero-order chi connectivity index (χ0) is 18.4. The highest BCUT2D eigenvalue weighted by molar-refractivity contribution is 5.86. The molecule has 0 radical (unpaired) electrons. The molecule has 0 saturated carbocycles. The normalized spacial score (nSPS) is 17.7. The Kier molecular flexibility index (Phi) is 6.18. The maximum absolute atomic E-state index is 13.8. The molecule has 0 aromatic heterocycles. The molecule has 0 spiro atoms. The van der Waals surface area contributed by atoms with Gasteiger partial charge in [0.15, 0.2) is 0 Å². The number of rotatable bonds is 6. The minimum atomic E-state index is -0.357. The van der Waals surface area contributed by atoms with Gasteiger partial charge >= 0.3 is 5.97 Å². The summed E-state index contributed by atoms with van der Waals surface area (Å²) in [5.41, 5.74) is 3.02. The van der Waals surface area contributed by atoms with Crippen molar-refractivity contribution in [3.8, 4) is 0 Å². The van der Waals surface area contributed by atoms with Crippen LogP contribution in [0.3, 0.4) is 0 Å². The third-order valence-electron chi connectivity index (χ3n) is 4.92. The van der Waals surface area contributed by atoms with E-state index < -0.39 is 0 Å². The van der Waals surface area contributed by atoms with Gasteiger partial charge in [0.2, 0.25) is 0 Å². The molecule has 0 aliphatic carbocycles. The maximum Gasteiger partial charge on any atom is 0.330 e. The highest BCUT2D eigenvalue weighted by atomic mass is 19.1. The smallest absolute Gasteiger partial charge is 0.330 e. The lowest BCUT2D eigenvalue weighted by Gasteiger charge is -2.25. The third-order valence-corrected chi connectivity index (χ3v) is 4.92. The Morgan fingerprint density at radius 1 is 1.23 bits per heavy atom. The summed E-state index contributed by atoms with van der Waals surface area (Å²) in [6.45, 7) is 1.90. The summed E-state index contributed by atoms with van der Waals surface area (Å²) in [6.07, 6.45) is 6.18. The Morgan fingerprint density at radius 2 is 2.00 bits per heavy atom. The molecular weight excluding hydrogens is 329 g/mol. The number of likely N-dealkylation sites (tertiary alicyclic amines) is 1. The first-order valence-corrected chi connectivity index (χ1v) is 9.01. The fourth-order valence-corrected chi connectivity index (χ4v) is 3.50. The first-order chi connectivity index (χ1) is 12.7. The number of carbonyl (C=O) groups is 1. The van der Waals surface area contributed by atoms with Crippen LogP contribution in [-0.2, 0) is 16.0 Å². The van der Waals surface area contributed by atoms with Crippen molar-refractivity contribution in [2.75, 3.05) is 20.2 Å². The lowest BCUT2D eigenvalue weighted by Crippen LogP contribution is -2.26. The van der Waals surface area contributed by atoms with Crippen molar-refractivity contribution in [3.63, 3.8) is 0 Å². The first-order valence-electron chi connectivity index (χ1n) is 9.01. The van der Waals surface area contributed by atoms with E-state index in [1.54, 1.807) is 12.1 Å². The molecule has 1 aliphatic rings. The highest BCUT2D eigenvalue weighted by Gasteiger charge is 2.25. The van der Waals surface area contributed by atoms with Crippen LogP contribution < -0.4 is 0 Å². The zero-order valence-electron chi connectivity index (χ0n) is 15.0. The van der Waals surface area contributed by atoms with Crippen LogP contribution in [0, 0.1) is 5.82 Å². The number of hydrogen-bond donors (Lipinski definition) is 0. The van der Waals surface area contributed by atoms with Crippen molar-refractivity contribution in [2.24, 2.45) is 0 Å². The molecule has 136 valence electrons. The number of ether oxygens (including phenoxy) is 1. The molecular formula is C22H24FNO2. The molecule has 1 aliphatic heterocycles. The van der Waals surface area contributed by atoms with Crippen LogP contribution in [0.25, 0.3) is 6.08 Å². The van der Waals surface area contributed by atoms with Gasteiger partial charge in [0.25, 0.3) is 0 Å². The van der Waals surface area contributed by atoms with E-state index in [4.69, 9.17) is 0 Å². The first kappa shape index (κ1) is 18.3. The van der Waals surface area contributed by atoms with Gasteiger partial charge in [-0.2, -0.15) is 0 Å². The molecule has 1 atom stereocenters. The van der Waals surface area contributed by atoms with Gasteiger partial charge in [-0.25, -0.2) is 9.18 Å². The van der Waals surface area contributed by atoms with E-state index in [1.165, 1.54) is 24.8 Å². The Balaban J connectivity index is 1.63. The van der Waals surface area contributed by atoms with E-state index in [2.05, 4.69) is 21.8 Å². The zero-order valence-corrected chi connectivity index (χ0v) is 15.0. The van der Waals surface area contributed by atoms with Crippen molar-refractivity contribution in [1.82, 2.24) is 4.90 Å². The number of methoxy groups -OCH3 is 1. The standard InChI is InChI=1S/C22H24FNO2/c1-26-22(25)13-10-17-8-11-19(12-9-17)21-7-4-15-24(21)16-14-18-5-2-3-6-20(18)23/h2-3,5-6,8-13,21H,4,7,14-16H2,1H3. The lowest BCUT2D eigenvalue weighted by molar-refractivity contribution is -0.134. The van der Waals surface area contributed by atoms with Gasteiger partial charge in [-0.1, -0.05) is 42.5 Å². The fraction of sp³-hybridized carbons (Fsp3) is 0.318. The number of benzene rings is 2. The van der Waals surface area contributed by atoms with Crippen LogP contribution in [0.1, 0.15) is 35.6 Å². The maximum atomic E-state index is 13.8. The molecule has 26 heavy (non-hydrogen) atoms. The molecule has 0 N–H and O–H groups in total. The van der Waals surface area contributed by atoms with Gasteiger partial charge in [-0.05, 0) is 54.6 Å². The second-order valence-corrected chi connectivity index (χ2v) is 6.56. The Hall–Kier alpha value is -2.46. The van der Waals surface area contributed by atoms with Gasteiger partial charge in [0.1, 0.15) is 5.82 Å². The van der Waals surface area contributed by atoms with Crippen LogP contribution in [0.5, 0.6) is 0 Å². The summed E-state index contributed by atoms with van der Waals surface area (Å²) >= 11 is 0.